The average molecular weight is 291 g/mol. The highest BCUT2D eigenvalue weighted by molar-refractivity contribution is 7.98. The Balaban J connectivity index is 2.73. The summed E-state index contributed by atoms with van der Waals surface area (Å²) in [5, 5.41) is 0. The summed E-state index contributed by atoms with van der Waals surface area (Å²) in [7, 11) is -0.612. The van der Waals surface area contributed by atoms with Crippen molar-refractivity contribution in [1.82, 2.24) is 4.72 Å². The molecular formula is C11H17NO4S2. The summed E-state index contributed by atoms with van der Waals surface area (Å²) in [4.78, 5) is 1.24. The number of rotatable bonds is 7. The molecule has 1 aromatic rings. The Morgan fingerprint density at radius 2 is 1.78 bits per heavy atom. The van der Waals surface area contributed by atoms with Crippen LogP contribution in [0.25, 0.3) is 0 Å². The first kappa shape index (κ1) is 15.5. The van der Waals surface area contributed by atoms with Gasteiger partial charge in [-0.3, -0.25) is 0 Å². The number of thioether (sulfide) groups is 1. The minimum atomic E-state index is -3.52. The van der Waals surface area contributed by atoms with Crippen molar-refractivity contribution in [2.45, 2.75) is 16.1 Å². The van der Waals surface area contributed by atoms with Gasteiger partial charge in [0.1, 0.15) is 0 Å². The molecule has 102 valence electrons. The summed E-state index contributed by atoms with van der Waals surface area (Å²) in [6.45, 7) is 0.0691. The Morgan fingerprint density at radius 3 is 2.22 bits per heavy atom. The fourth-order valence-electron chi connectivity index (χ4n) is 1.28. The van der Waals surface area contributed by atoms with E-state index in [1.165, 1.54) is 14.2 Å². The zero-order chi connectivity index (χ0) is 13.6. The molecule has 0 aromatic heterocycles. The molecule has 0 radical (unpaired) electrons. The molecule has 0 saturated carbocycles. The third-order valence-electron chi connectivity index (χ3n) is 2.34. The van der Waals surface area contributed by atoms with Crippen LogP contribution in [0.15, 0.2) is 34.1 Å². The molecule has 7 heteroatoms. The van der Waals surface area contributed by atoms with E-state index in [0.29, 0.717) is 0 Å². The number of benzene rings is 1. The molecule has 0 aliphatic carbocycles. The lowest BCUT2D eigenvalue weighted by molar-refractivity contribution is -0.0960. The molecule has 1 N–H and O–H groups in total. The van der Waals surface area contributed by atoms with Gasteiger partial charge in [0.05, 0.1) is 11.4 Å². The van der Waals surface area contributed by atoms with E-state index in [2.05, 4.69) is 4.72 Å². The molecule has 0 amide bonds. The summed E-state index contributed by atoms with van der Waals surface area (Å²) >= 11 is 1.56. The monoisotopic (exact) mass is 291 g/mol. The van der Waals surface area contributed by atoms with Crippen LogP contribution in [0, 0.1) is 0 Å². The normalized spacial score (nSPS) is 12.0. The molecule has 0 aliphatic rings. The molecule has 0 saturated heterocycles. The van der Waals surface area contributed by atoms with E-state index in [9.17, 15) is 8.42 Å². The van der Waals surface area contributed by atoms with Crippen LogP contribution >= 0.6 is 11.8 Å². The van der Waals surface area contributed by atoms with Crippen molar-refractivity contribution < 1.29 is 17.9 Å². The number of sulfonamides is 1. The van der Waals surface area contributed by atoms with Crippen molar-refractivity contribution in [3.63, 3.8) is 0 Å². The van der Waals surface area contributed by atoms with Crippen molar-refractivity contribution in [3.8, 4) is 0 Å². The molecule has 0 aliphatic heterocycles. The van der Waals surface area contributed by atoms with Gasteiger partial charge in [-0.05, 0) is 30.5 Å². The zero-order valence-corrected chi connectivity index (χ0v) is 12.2. The quantitative estimate of drug-likeness (QED) is 0.606. The maximum Gasteiger partial charge on any atom is 0.240 e. The van der Waals surface area contributed by atoms with Gasteiger partial charge >= 0.3 is 0 Å². The number of nitrogens with one attached hydrogen (secondary N) is 1. The van der Waals surface area contributed by atoms with Crippen molar-refractivity contribution in [2.75, 3.05) is 27.0 Å². The molecule has 18 heavy (non-hydrogen) atoms. The van der Waals surface area contributed by atoms with E-state index < -0.39 is 16.3 Å². The van der Waals surface area contributed by atoms with Crippen LogP contribution in [0.5, 0.6) is 0 Å². The molecule has 0 fully saturated rings. The molecule has 0 heterocycles. The number of methoxy groups -OCH3 is 2. The van der Waals surface area contributed by atoms with Gasteiger partial charge in [0.2, 0.25) is 10.0 Å². The third kappa shape index (κ3) is 4.25. The highest BCUT2D eigenvalue weighted by atomic mass is 32.2. The zero-order valence-electron chi connectivity index (χ0n) is 10.5. The van der Waals surface area contributed by atoms with Crippen molar-refractivity contribution in [2.24, 2.45) is 0 Å². The Bertz CT molecular complexity index is 454. The highest BCUT2D eigenvalue weighted by Gasteiger charge is 2.16. The molecule has 1 rings (SSSR count). The second kappa shape index (κ2) is 7.10. The van der Waals surface area contributed by atoms with Crippen LogP contribution in [0.2, 0.25) is 0 Å². The van der Waals surface area contributed by atoms with Gasteiger partial charge in [0.25, 0.3) is 0 Å². The summed E-state index contributed by atoms with van der Waals surface area (Å²) in [6.07, 6.45) is 1.34. The lowest BCUT2D eigenvalue weighted by Gasteiger charge is -2.14. The summed E-state index contributed by atoms with van der Waals surface area (Å²) < 4.78 is 36.1. The lowest BCUT2D eigenvalue weighted by atomic mass is 10.4. The van der Waals surface area contributed by atoms with E-state index >= 15 is 0 Å². The van der Waals surface area contributed by atoms with Crippen molar-refractivity contribution >= 4 is 21.8 Å². The van der Waals surface area contributed by atoms with Crippen LogP contribution in [0.3, 0.4) is 0 Å². The maximum absolute atomic E-state index is 11.9. The predicted octanol–water partition coefficient (Wildman–Crippen LogP) is 1.31. The Hall–Kier alpha value is -0.600. The van der Waals surface area contributed by atoms with Gasteiger partial charge in [-0.25, -0.2) is 13.1 Å². The molecular weight excluding hydrogens is 274 g/mol. The second-order valence-electron chi connectivity index (χ2n) is 3.43. The third-order valence-corrected chi connectivity index (χ3v) is 4.52. The molecule has 5 nitrogen and oxygen atoms in total. The largest absolute Gasteiger partial charge is 0.355 e. The topological polar surface area (TPSA) is 64.6 Å². The minimum Gasteiger partial charge on any atom is -0.355 e. The van der Waals surface area contributed by atoms with Gasteiger partial charge in [-0.2, -0.15) is 0 Å². The highest BCUT2D eigenvalue weighted by Crippen LogP contribution is 2.17. The van der Waals surface area contributed by atoms with Gasteiger partial charge < -0.3 is 9.47 Å². The van der Waals surface area contributed by atoms with E-state index in [0.717, 1.165) is 4.90 Å². The van der Waals surface area contributed by atoms with Crippen LogP contribution in [-0.4, -0.2) is 41.7 Å². The van der Waals surface area contributed by atoms with Crippen molar-refractivity contribution in [1.29, 1.82) is 0 Å². The Kier molecular flexibility index (Phi) is 6.10. The molecule has 1 aromatic carbocycles. The molecule has 0 spiro atoms. The van der Waals surface area contributed by atoms with Gasteiger partial charge in [0, 0.05) is 19.1 Å². The standard InChI is InChI=1S/C11H17NO4S2/c1-15-11(16-2)8-12-18(13,14)10-6-4-9(17-3)5-7-10/h4-7,11-12H,8H2,1-3H3. The Morgan fingerprint density at radius 1 is 1.22 bits per heavy atom. The van der Waals surface area contributed by atoms with E-state index in [-0.39, 0.29) is 11.4 Å². The summed E-state index contributed by atoms with van der Waals surface area (Å²) in [5.74, 6) is 0. The van der Waals surface area contributed by atoms with Crippen LogP contribution < -0.4 is 4.72 Å². The van der Waals surface area contributed by atoms with Crippen LogP contribution in [-0.2, 0) is 19.5 Å². The first-order chi connectivity index (χ1) is 8.53. The lowest BCUT2D eigenvalue weighted by Crippen LogP contribution is -2.34. The fourth-order valence-corrected chi connectivity index (χ4v) is 2.70. The van der Waals surface area contributed by atoms with Gasteiger partial charge in [-0.15, -0.1) is 11.8 Å². The summed E-state index contributed by atoms with van der Waals surface area (Å²) in [6, 6.07) is 6.68. The van der Waals surface area contributed by atoms with Gasteiger partial charge in [0.15, 0.2) is 6.29 Å². The number of hydrogen-bond acceptors (Lipinski definition) is 5. The molecule has 0 bridgehead atoms. The maximum atomic E-state index is 11.9. The van der Waals surface area contributed by atoms with Gasteiger partial charge in [-0.1, -0.05) is 0 Å². The Labute approximate surface area is 112 Å². The average Bonchev–Trinajstić information content (AvgIpc) is 2.40. The fraction of sp³-hybridized carbons (Fsp3) is 0.455. The van der Waals surface area contributed by atoms with E-state index in [1.807, 2.05) is 6.26 Å². The van der Waals surface area contributed by atoms with E-state index in [1.54, 1.807) is 36.0 Å². The number of hydrogen-bond donors (Lipinski definition) is 1. The number of ether oxygens (including phenoxy) is 2. The van der Waals surface area contributed by atoms with Crippen LogP contribution in [0.4, 0.5) is 0 Å². The minimum absolute atomic E-state index is 0.0691. The first-order valence-electron chi connectivity index (χ1n) is 5.23. The molecule has 0 unspecified atom stereocenters. The smallest absolute Gasteiger partial charge is 0.240 e. The van der Waals surface area contributed by atoms with Crippen LogP contribution in [0.1, 0.15) is 0 Å². The first-order valence-corrected chi connectivity index (χ1v) is 7.93. The van der Waals surface area contributed by atoms with Crippen molar-refractivity contribution in [3.05, 3.63) is 24.3 Å². The SMILES string of the molecule is COC(CNS(=O)(=O)c1ccc(SC)cc1)OC. The molecule has 0 atom stereocenters. The second-order valence-corrected chi connectivity index (χ2v) is 6.07. The summed E-state index contributed by atoms with van der Waals surface area (Å²) in [5.41, 5.74) is 0. The van der Waals surface area contributed by atoms with E-state index in [4.69, 9.17) is 9.47 Å². The predicted molar refractivity (Wildman–Crippen MR) is 71.2 cm³/mol.